The van der Waals surface area contributed by atoms with Crippen molar-refractivity contribution in [3.63, 3.8) is 0 Å². The summed E-state index contributed by atoms with van der Waals surface area (Å²) in [5, 5.41) is 5.07. The SMILES string of the molecule is Cc1ccc2nc(-c3ccc(NC(=O)c4c5c(nc6ccccc46)CCCCC5)cc3)sc2c1. The Morgan fingerprint density at radius 3 is 2.59 bits per heavy atom. The maximum atomic E-state index is 13.6. The summed E-state index contributed by atoms with van der Waals surface area (Å²) in [5.74, 6) is -0.0556. The molecular formula is C29H25N3OS. The van der Waals surface area contributed by atoms with E-state index in [9.17, 15) is 4.79 Å². The van der Waals surface area contributed by atoms with Crippen molar-refractivity contribution in [3.8, 4) is 10.6 Å². The largest absolute Gasteiger partial charge is 0.322 e. The highest BCUT2D eigenvalue weighted by atomic mass is 32.1. The monoisotopic (exact) mass is 463 g/mol. The number of pyridine rings is 1. The molecule has 0 saturated carbocycles. The molecule has 0 spiro atoms. The molecule has 3 aromatic carbocycles. The lowest BCUT2D eigenvalue weighted by Gasteiger charge is -2.15. The van der Waals surface area contributed by atoms with E-state index in [2.05, 4.69) is 30.4 Å². The fourth-order valence-electron chi connectivity index (χ4n) is 4.85. The summed E-state index contributed by atoms with van der Waals surface area (Å²) in [6.45, 7) is 2.10. The Labute approximate surface area is 202 Å². The molecule has 5 aromatic rings. The van der Waals surface area contributed by atoms with Crippen molar-refractivity contribution < 1.29 is 4.79 Å². The highest BCUT2D eigenvalue weighted by Gasteiger charge is 2.22. The summed E-state index contributed by atoms with van der Waals surface area (Å²) < 4.78 is 1.19. The molecule has 2 aromatic heterocycles. The number of hydrogen-bond acceptors (Lipinski definition) is 4. The highest BCUT2D eigenvalue weighted by Crippen LogP contribution is 2.32. The van der Waals surface area contributed by atoms with Crippen LogP contribution in [0.25, 0.3) is 31.7 Å². The van der Waals surface area contributed by atoms with Gasteiger partial charge in [0.05, 0.1) is 21.3 Å². The highest BCUT2D eigenvalue weighted by molar-refractivity contribution is 7.21. The number of nitrogens with one attached hydrogen (secondary N) is 1. The molecule has 6 rings (SSSR count). The van der Waals surface area contributed by atoms with Crippen LogP contribution in [0.2, 0.25) is 0 Å². The molecule has 0 saturated heterocycles. The van der Waals surface area contributed by atoms with Gasteiger partial charge < -0.3 is 5.32 Å². The number of fused-ring (bicyclic) bond motifs is 3. The zero-order valence-electron chi connectivity index (χ0n) is 19.1. The molecular weight excluding hydrogens is 438 g/mol. The van der Waals surface area contributed by atoms with Crippen molar-refractivity contribution in [1.29, 1.82) is 0 Å². The number of thiazole rings is 1. The van der Waals surface area contributed by atoms with E-state index in [0.29, 0.717) is 0 Å². The fraction of sp³-hybridized carbons (Fsp3) is 0.207. The van der Waals surface area contributed by atoms with E-state index in [0.717, 1.165) is 75.2 Å². The standard InChI is InChI=1S/C29H25N3OS/c1-18-11-16-25-26(17-18)34-29(32-25)19-12-14-20(15-13-19)30-28(33)27-21-7-3-2-4-9-23(21)31-24-10-6-5-8-22(24)27/h5-6,8,10-17H,2-4,7,9H2,1H3,(H,30,33). The molecule has 2 heterocycles. The zero-order chi connectivity index (χ0) is 23.1. The normalized spacial score (nSPS) is 13.6. The summed E-state index contributed by atoms with van der Waals surface area (Å²) in [6.07, 6.45) is 5.26. The van der Waals surface area contributed by atoms with Crippen LogP contribution in [0.3, 0.4) is 0 Å². The summed E-state index contributed by atoms with van der Waals surface area (Å²) >= 11 is 1.69. The number of benzene rings is 3. The maximum Gasteiger partial charge on any atom is 0.256 e. The minimum atomic E-state index is -0.0556. The molecule has 1 aliphatic rings. The minimum absolute atomic E-state index is 0.0556. The fourth-order valence-corrected chi connectivity index (χ4v) is 5.92. The first kappa shape index (κ1) is 21.0. The smallest absolute Gasteiger partial charge is 0.256 e. The van der Waals surface area contributed by atoms with Crippen molar-refractivity contribution in [3.05, 3.63) is 89.1 Å². The number of amides is 1. The van der Waals surface area contributed by atoms with Gasteiger partial charge in [-0.1, -0.05) is 30.7 Å². The Kier molecular flexibility index (Phi) is 5.34. The molecule has 0 bridgehead atoms. The van der Waals surface area contributed by atoms with Crippen molar-refractivity contribution in [1.82, 2.24) is 9.97 Å². The minimum Gasteiger partial charge on any atom is -0.322 e. The van der Waals surface area contributed by atoms with Gasteiger partial charge in [0.1, 0.15) is 5.01 Å². The van der Waals surface area contributed by atoms with Gasteiger partial charge in [0.15, 0.2) is 0 Å². The Balaban J connectivity index is 1.32. The maximum absolute atomic E-state index is 13.6. The van der Waals surface area contributed by atoms with Crippen molar-refractivity contribution >= 4 is 44.1 Å². The van der Waals surface area contributed by atoms with Crippen LogP contribution >= 0.6 is 11.3 Å². The lowest BCUT2D eigenvalue weighted by molar-refractivity contribution is 0.102. The lowest BCUT2D eigenvalue weighted by atomic mass is 9.96. The molecule has 1 amide bonds. The Bertz CT molecular complexity index is 1540. The number of nitrogens with zero attached hydrogens (tertiary/aromatic N) is 2. The van der Waals surface area contributed by atoms with Crippen LogP contribution < -0.4 is 5.32 Å². The molecule has 34 heavy (non-hydrogen) atoms. The van der Waals surface area contributed by atoms with E-state index in [4.69, 9.17) is 9.97 Å². The van der Waals surface area contributed by atoms with Crippen LogP contribution in [0.5, 0.6) is 0 Å². The van der Waals surface area contributed by atoms with Crippen LogP contribution in [0.4, 0.5) is 5.69 Å². The predicted octanol–water partition coefficient (Wildman–Crippen LogP) is 7.34. The Morgan fingerprint density at radius 2 is 1.71 bits per heavy atom. The molecule has 4 nitrogen and oxygen atoms in total. The zero-order valence-corrected chi connectivity index (χ0v) is 19.9. The summed E-state index contributed by atoms with van der Waals surface area (Å²) in [5.41, 5.74) is 7.99. The lowest BCUT2D eigenvalue weighted by Crippen LogP contribution is -2.17. The third-order valence-corrected chi connectivity index (χ3v) is 7.65. The van der Waals surface area contributed by atoms with E-state index in [1.165, 1.54) is 16.7 Å². The van der Waals surface area contributed by atoms with E-state index >= 15 is 0 Å². The number of para-hydroxylation sites is 1. The molecule has 168 valence electrons. The molecule has 0 unspecified atom stereocenters. The number of rotatable bonds is 3. The van der Waals surface area contributed by atoms with Crippen LogP contribution in [-0.2, 0) is 12.8 Å². The number of hydrogen-bond donors (Lipinski definition) is 1. The third-order valence-electron chi connectivity index (χ3n) is 6.58. The van der Waals surface area contributed by atoms with Gasteiger partial charge in [-0.2, -0.15) is 0 Å². The van der Waals surface area contributed by atoms with E-state index in [1.807, 2.05) is 48.5 Å². The van der Waals surface area contributed by atoms with Gasteiger partial charge in [-0.3, -0.25) is 9.78 Å². The predicted molar refractivity (Wildman–Crippen MR) is 141 cm³/mol. The first-order chi connectivity index (χ1) is 16.7. The van der Waals surface area contributed by atoms with Crippen LogP contribution in [0, 0.1) is 6.92 Å². The second-order valence-corrected chi connectivity index (χ2v) is 10.0. The quantitative estimate of drug-likeness (QED) is 0.285. The molecule has 1 aliphatic carbocycles. The van der Waals surface area contributed by atoms with Gasteiger partial charge in [0.25, 0.3) is 5.91 Å². The number of aryl methyl sites for hydroxylation is 2. The van der Waals surface area contributed by atoms with E-state index in [-0.39, 0.29) is 5.91 Å². The molecule has 1 N–H and O–H groups in total. The molecule has 5 heteroatoms. The first-order valence-corrected chi connectivity index (χ1v) is 12.7. The van der Waals surface area contributed by atoms with Crippen molar-refractivity contribution in [2.24, 2.45) is 0 Å². The van der Waals surface area contributed by atoms with Gasteiger partial charge in [0, 0.05) is 22.3 Å². The average Bonchev–Trinajstić information content (AvgIpc) is 3.13. The van der Waals surface area contributed by atoms with Crippen LogP contribution in [0.15, 0.2) is 66.7 Å². The second kappa shape index (κ2) is 8.65. The Morgan fingerprint density at radius 1 is 0.882 bits per heavy atom. The van der Waals surface area contributed by atoms with Crippen LogP contribution in [0.1, 0.15) is 46.4 Å². The topological polar surface area (TPSA) is 54.9 Å². The molecule has 0 fully saturated rings. The third kappa shape index (κ3) is 3.86. The molecule has 0 aliphatic heterocycles. The van der Waals surface area contributed by atoms with E-state index < -0.39 is 0 Å². The van der Waals surface area contributed by atoms with Gasteiger partial charge in [0.2, 0.25) is 0 Å². The summed E-state index contributed by atoms with van der Waals surface area (Å²) in [6, 6.07) is 22.3. The van der Waals surface area contributed by atoms with Gasteiger partial charge in [-0.05, 0) is 86.2 Å². The van der Waals surface area contributed by atoms with Gasteiger partial charge >= 0.3 is 0 Å². The number of carbonyl (C=O) groups is 1. The first-order valence-electron chi connectivity index (χ1n) is 11.9. The second-order valence-electron chi connectivity index (χ2n) is 9.01. The van der Waals surface area contributed by atoms with Gasteiger partial charge in [-0.15, -0.1) is 11.3 Å². The van der Waals surface area contributed by atoms with Crippen LogP contribution in [-0.4, -0.2) is 15.9 Å². The number of aromatic nitrogens is 2. The van der Waals surface area contributed by atoms with Crippen molar-refractivity contribution in [2.45, 2.75) is 39.0 Å². The average molecular weight is 464 g/mol. The van der Waals surface area contributed by atoms with Gasteiger partial charge in [-0.25, -0.2) is 4.98 Å². The molecule has 0 radical (unpaired) electrons. The summed E-state index contributed by atoms with van der Waals surface area (Å²) in [4.78, 5) is 23.3. The summed E-state index contributed by atoms with van der Waals surface area (Å²) in [7, 11) is 0. The number of anilines is 1. The number of carbonyl (C=O) groups excluding carboxylic acids is 1. The van der Waals surface area contributed by atoms with Crippen molar-refractivity contribution in [2.75, 3.05) is 5.32 Å². The Hall–Kier alpha value is -3.57. The molecule has 0 atom stereocenters. The van der Waals surface area contributed by atoms with E-state index in [1.54, 1.807) is 11.3 Å².